The van der Waals surface area contributed by atoms with Crippen molar-refractivity contribution in [3.63, 3.8) is 0 Å². The van der Waals surface area contributed by atoms with Crippen molar-refractivity contribution in [2.75, 3.05) is 20.2 Å². The monoisotopic (exact) mass is 384 g/mol. The van der Waals surface area contributed by atoms with Crippen LogP contribution in [-0.2, 0) is 10.0 Å². The van der Waals surface area contributed by atoms with Crippen molar-refractivity contribution in [1.82, 2.24) is 10.0 Å². The molecule has 8 heteroatoms. The normalized spacial score (nSPS) is 16.5. The lowest BCUT2D eigenvalue weighted by Gasteiger charge is -2.23. The molecule has 0 radical (unpaired) electrons. The van der Waals surface area contributed by atoms with Crippen molar-refractivity contribution in [3.8, 4) is 5.75 Å². The maximum absolute atomic E-state index is 12.3. The van der Waals surface area contributed by atoms with E-state index in [1.165, 1.54) is 13.2 Å². The lowest BCUT2D eigenvalue weighted by atomic mass is 10.1. The Balaban J connectivity index is 0.00000200. The Labute approximate surface area is 134 Å². The third-order valence-electron chi connectivity index (χ3n) is 3.05. The fraction of sp³-hybridized carbons (Fsp3) is 0.500. The highest BCUT2D eigenvalue weighted by molar-refractivity contribution is 9.10. The fourth-order valence-electron chi connectivity index (χ4n) is 2.04. The van der Waals surface area contributed by atoms with Gasteiger partial charge in [0.2, 0.25) is 10.0 Å². The number of nitrogens with one attached hydrogen (secondary N) is 2. The highest BCUT2D eigenvalue weighted by Gasteiger charge is 2.22. The van der Waals surface area contributed by atoms with Crippen LogP contribution >= 0.6 is 28.3 Å². The van der Waals surface area contributed by atoms with E-state index in [9.17, 15) is 8.42 Å². The molecule has 1 fully saturated rings. The molecule has 0 bridgehead atoms. The quantitative estimate of drug-likeness (QED) is 0.831. The molecule has 0 aromatic heterocycles. The summed E-state index contributed by atoms with van der Waals surface area (Å²) in [5.74, 6) is 0.514. The van der Waals surface area contributed by atoms with Crippen molar-refractivity contribution >= 4 is 38.4 Å². The standard InChI is InChI=1S/C12H17BrN2O3S.ClH/c1-18-11-6-9(13)7-12(8-11)19(16,17)15-10-2-4-14-5-3-10;/h6-8,10,14-15H,2-5H2,1H3;1H. The number of rotatable bonds is 4. The van der Waals surface area contributed by atoms with Crippen LogP contribution in [0.15, 0.2) is 27.6 Å². The zero-order valence-corrected chi connectivity index (χ0v) is 14.3. The summed E-state index contributed by atoms with van der Waals surface area (Å²) in [5, 5.41) is 3.21. The highest BCUT2D eigenvalue weighted by atomic mass is 79.9. The number of ether oxygens (including phenoxy) is 1. The number of benzene rings is 1. The average molecular weight is 386 g/mol. The minimum Gasteiger partial charge on any atom is -0.497 e. The summed E-state index contributed by atoms with van der Waals surface area (Å²) in [6.07, 6.45) is 1.62. The second kappa shape index (κ2) is 7.61. The molecule has 0 saturated carbocycles. The zero-order chi connectivity index (χ0) is 13.9. The number of halogens is 2. The molecule has 1 heterocycles. The van der Waals surface area contributed by atoms with Crippen LogP contribution in [0.1, 0.15) is 12.8 Å². The third kappa shape index (κ3) is 4.60. The van der Waals surface area contributed by atoms with Crippen LogP contribution in [0.3, 0.4) is 0 Å². The second-order valence-electron chi connectivity index (χ2n) is 4.47. The summed E-state index contributed by atoms with van der Waals surface area (Å²) in [5.41, 5.74) is 0. The number of hydrogen-bond donors (Lipinski definition) is 2. The van der Waals surface area contributed by atoms with Crippen LogP contribution in [0.4, 0.5) is 0 Å². The first-order chi connectivity index (χ1) is 9.01. The molecule has 1 aromatic carbocycles. The van der Waals surface area contributed by atoms with Crippen LogP contribution in [0.2, 0.25) is 0 Å². The summed E-state index contributed by atoms with van der Waals surface area (Å²) in [4.78, 5) is 0.220. The van der Waals surface area contributed by atoms with Crippen LogP contribution in [0.25, 0.3) is 0 Å². The second-order valence-corrected chi connectivity index (χ2v) is 7.10. The molecular weight excluding hydrogens is 368 g/mol. The molecule has 114 valence electrons. The molecular formula is C12H18BrClN2O3S. The number of hydrogen-bond acceptors (Lipinski definition) is 4. The molecule has 0 atom stereocenters. The van der Waals surface area contributed by atoms with Gasteiger partial charge in [-0.2, -0.15) is 0 Å². The molecule has 2 N–H and O–H groups in total. The van der Waals surface area contributed by atoms with Crippen LogP contribution in [-0.4, -0.2) is 34.7 Å². The molecule has 1 aliphatic rings. The predicted octanol–water partition coefficient (Wildman–Crippen LogP) is 1.91. The molecule has 1 saturated heterocycles. The first-order valence-corrected chi connectivity index (χ1v) is 8.36. The Morgan fingerprint density at radius 3 is 2.55 bits per heavy atom. The van der Waals surface area contributed by atoms with Gasteiger partial charge in [-0.1, -0.05) is 15.9 Å². The maximum atomic E-state index is 12.3. The van der Waals surface area contributed by atoms with E-state index in [1.54, 1.807) is 12.1 Å². The molecule has 0 spiro atoms. The summed E-state index contributed by atoms with van der Waals surface area (Å²) in [6, 6.07) is 4.82. The van der Waals surface area contributed by atoms with E-state index in [0.717, 1.165) is 25.9 Å². The van der Waals surface area contributed by atoms with E-state index in [0.29, 0.717) is 10.2 Å². The smallest absolute Gasteiger partial charge is 0.240 e. The summed E-state index contributed by atoms with van der Waals surface area (Å²) >= 11 is 3.29. The molecule has 1 aromatic rings. The summed E-state index contributed by atoms with van der Waals surface area (Å²) in [7, 11) is -1.99. The summed E-state index contributed by atoms with van der Waals surface area (Å²) < 4.78 is 33.1. The Kier molecular flexibility index (Phi) is 6.74. The van der Waals surface area contributed by atoms with Gasteiger partial charge in [-0.15, -0.1) is 12.4 Å². The minimum atomic E-state index is -3.50. The van der Waals surface area contributed by atoms with Gasteiger partial charge in [0, 0.05) is 16.6 Å². The van der Waals surface area contributed by atoms with E-state index in [4.69, 9.17) is 4.74 Å². The molecule has 0 amide bonds. The van der Waals surface area contributed by atoms with Gasteiger partial charge >= 0.3 is 0 Å². The molecule has 0 aliphatic carbocycles. The lowest BCUT2D eigenvalue weighted by molar-refractivity contribution is 0.412. The van der Waals surface area contributed by atoms with Crippen molar-refractivity contribution in [3.05, 3.63) is 22.7 Å². The Morgan fingerprint density at radius 2 is 1.95 bits per heavy atom. The van der Waals surface area contributed by atoms with Crippen LogP contribution < -0.4 is 14.8 Å². The van der Waals surface area contributed by atoms with Crippen molar-refractivity contribution < 1.29 is 13.2 Å². The van der Waals surface area contributed by atoms with Gasteiger partial charge in [0.15, 0.2) is 0 Å². The molecule has 0 unspecified atom stereocenters. The van der Waals surface area contributed by atoms with Crippen LogP contribution in [0.5, 0.6) is 5.75 Å². The van der Waals surface area contributed by atoms with Gasteiger partial charge in [0.05, 0.1) is 12.0 Å². The third-order valence-corrected chi connectivity index (χ3v) is 5.01. The van der Waals surface area contributed by atoms with Gasteiger partial charge < -0.3 is 10.1 Å². The van der Waals surface area contributed by atoms with E-state index < -0.39 is 10.0 Å². The largest absolute Gasteiger partial charge is 0.497 e. The van der Waals surface area contributed by atoms with E-state index >= 15 is 0 Å². The Hall–Kier alpha value is -0.340. The van der Waals surface area contributed by atoms with Gasteiger partial charge in [-0.05, 0) is 38.1 Å². The SMILES string of the molecule is COc1cc(Br)cc(S(=O)(=O)NC2CCNCC2)c1.Cl. The lowest BCUT2D eigenvalue weighted by Crippen LogP contribution is -2.42. The van der Waals surface area contributed by atoms with E-state index in [2.05, 4.69) is 26.0 Å². The summed E-state index contributed by atoms with van der Waals surface area (Å²) in [6.45, 7) is 1.68. The van der Waals surface area contributed by atoms with Crippen molar-refractivity contribution in [1.29, 1.82) is 0 Å². The topological polar surface area (TPSA) is 67.4 Å². The van der Waals surface area contributed by atoms with E-state index in [1.807, 2.05) is 0 Å². The number of sulfonamides is 1. The Morgan fingerprint density at radius 1 is 1.30 bits per heavy atom. The van der Waals surface area contributed by atoms with Crippen molar-refractivity contribution in [2.24, 2.45) is 0 Å². The number of piperidine rings is 1. The van der Waals surface area contributed by atoms with Gasteiger partial charge in [0.25, 0.3) is 0 Å². The minimum absolute atomic E-state index is 0. The first kappa shape index (κ1) is 17.7. The Bertz CT molecular complexity index is 548. The van der Waals surface area contributed by atoms with Gasteiger partial charge in [-0.3, -0.25) is 0 Å². The highest BCUT2D eigenvalue weighted by Crippen LogP contribution is 2.24. The molecule has 1 aliphatic heterocycles. The van der Waals surface area contributed by atoms with Gasteiger partial charge in [0.1, 0.15) is 5.75 Å². The van der Waals surface area contributed by atoms with Crippen LogP contribution in [0, 0.1) is 0 Å². The first-order valence-electron chi connectivity index (χ1n) is 6.09. The molecule has 20 heavy (non-hydrogen) atoms. The fourth-order valence-corrected chi connectivity index (χ4v) is 4.03. The predicted molar refractivity (Wildman–Crippen MR) is 84.2 cm³/mol. The number of methoxy groups -OCH3 is 1. The zero-order valence-electron chi connectivity index (χ0n) is 11.1. The van der Waals surface area contributed by atoms with Crippen molar-refractivity contribution in [2.45, 2.75) is 23.8 Å². The van der Waals surface area contributed by atoms with Gasteiger partial charge in [-0.25, -0.2) is 13.1 Å². The molecule has 5 nitrogen and oxygen atoms in total. The average Bonchev–Trinajstić information content (AvgIpc) is 2.38. The maximum Gasteiger partial charge on any atom is 0.240 e. The van der Waals surface area contributed by atoms with E-state index in [-0.39, 0.29) is 23.3 Å². The molecule has 2 rings (SSSR count).